The van der Waals surface area contributed by atoms with Crippen molar-refractivity contribution in [2.45, 2.75) is 50.7 Å². The van der Waals surface area contributed by atoms with Crippen LogP contribution in [0.25, 0.3) is 0 Å². The molecule has 1 saturated heterocycles. The van der Waals surface area contributed by atoms with E-state index in [4.69, 9.17) is 0 Å². The molecule has 0 aliphatic carbocycles. The van der Waals surface area contributed by atoms with Crippen LogP contribution in [-0.2, 0) is 4.79 Å². The molecule has 1 N–H and O–H groups in total. The molecule has 1 heterocycles. The second kappa shape index (κ2) is 4.89. The predicted octanol–water partition coefficient (Wildman–Crippen LogP) is 2.39. The van der Waals surface area contributed by atoms with Gasteiger partial charge >= 0.3 is 0 Å². The number of thioether (sulfide) groups is 1. The Labute approximate surface area is 84.9 Å². The van der Waals surface area contributed by atoms with Crippen LogP contribution in [-0.4, -0.2) is 16.5 Å². The van der Waals surface area contributed by atoms with Gasteiger partial charge in [-0.1, -0.05) is 33.6 Å². The summed E-state index contributed by atoms with van der Waals surface area (Å²) in [6.07, 6.45) is 3.54. The molecule has 0 radical (unpaired) electrons. The molecule has 2 unspecified atom stereocenters. The molecule has 76 valence electrons. The summed E-state index contributed by atoms with van der Waals surface area (Å²) in [6.45, 7) is 6.40. The first-order valence-corrected chi connectivity index (χ1v) is 6.05. The summed E-state index contributed by atoms with van der Waals surface area (Å²) >= 11 is 1.81. The van der Waals surface area contributed by atoms with Crippen LogP contribution in [0.3, 0.4) is 0 Å². The quantitative estimate of drug-likeness (QED) is 0.756. The van der Waals surface area contributed by atoms with Crippen molar-refractivity contribution in [1.29, 1.82) is 0 Å². The Hall–Kier alpha value is -0.180. The van der Waals surface area contributed by atoms with Crippen molar-refractivity contribution in [3.05, 3.63) is 0 Å². The number of unbranched alkanes of at least 4 members (excludes halogenated alkanes) is 1. The van der Waals surface area contributed by atoms with E-state index in [9.17, 15) is 4.79 Å². The number of carbonyl (C=O) groups is 1. The standard InChI is InChI=1S/C10H19NOS/c1-4-5-6-8-11-10(12)9(13-8)7(2)3/h7-9H,4-6H2,1-3H3,(H,11,12). The summed E-state index contributed by atoms with van der Waals surface area (Å²) in [4.78, 5) is 11.5. The molecule has 0 aromatic carbocycles. The van der Waals surface area contributed by atoms with Crippen LogP contribution in [0.1, 0.15) is 40.0 Å². The fraction of sp³-hybridized carbons (Fsp3) is 0.900. The van der Waals surface area contributed by atoms with E-state index in [1.807, 2.05) is 0 Å². The first-order valence-electron chi connectivity index (χ1n) is 5.11. The Morgan fingerprint density at radius 1 is 1.54 bits per heavy atom. The molecule has 2 atom stereocenters. The number of hydrogen-bond donors (Lipinski definition) is 1. The van der Waals surface area contributed by atoms with Crippen molar-refractivity contribution in [3.63, 3.8) is 0 Å². The minimum absolute atomic E-state index is 0.182. The molecule has 1 aliphatic rings. The van der Waals surface area contributed by atoms with Crippen molar-refractivity contribution in [2.75, 3.05) is 0 Å². The van der Waals surface area contributed by atoms with Crippen LogP contribution in [0.4, 0.5) is 0 Å². The van der Waals surface area contributed by atoms with Crippen molar-refractivity contribution < 1.29 is 4.79 Å². The molecule has 13 heavy (non-hydrogen) atoms. The molecule has 0 aromatic rings. The van der Waals surface area contributed by atoms with E-state index in [2.05, 4.69) is 26.1 Å². The molecular formula is C10H19NOS. The highest BCUT2D eigenvalue weighted by Gasteiger charge is 2.33. The van der Waals surface area contributed by atoms with E-state index in [0.717, 1.165) is 6.42 Å². The molecule has 3 heteroatoms. The summed E-state index contributed by atoms with van der Waals surface area (Å²) in [5.74, 6) is 0.692. The number of rotatable bonds is 4. The molecule has 1 aliphatic heterocycles. The fourth-order valence-electron chi connectivity index (χ4n) is 1.50. The van der Waals surface area contributed by atoms with E-state index in [-0.39, 0.29) is 11.2 Å². The van der Waals surface area contributed by atoms with Crippen molar-refractivity contribution in [2.24, 2.45) is 5.92 Å². The number of amides is 1. The van der Waals surface area contributed by atoms with E-state index in [0.29, 0.717) is 11.3 Å². The summed E-state index contributed by atoms with van der Waals surface area (Å²) in [5.41, 5.74) is 0. The summed E-state index contributed by atoms with van der Waals surface area (Å²) in [6, 6.07) is 0. The lowest BCUT2D eigenvalue weighted by Crippen LogP contribution is -2.29. The van der Waals surface area contributed by atoms with Crippen LogP contribution in [0.15, 0.2) is 0 Å². The lowest BCUT2D eigenvalue weighted by Gasteiger charge is -2.10. The van der Waals surface area contributed by atoms with Crippen LogP contribution >= 0.6 is 11.8 Å². The largest absolute Gasteiger partial charge is 0.343 e. The zero-order valence-electron chi connectivity index (χ0n) is 8.67. The fourth-order valence-corrected chi connectivity index (χ4v) is 2.85. The van der Waals surface area contributed by atoms with E-state index < -0.39 is 0 Å². The summed E-state index contributed by atoms with van der Waals surface area (Å²) < 4.78 is 0. The van der Waals surface area contributed by atoms with Crippen LogP contribution in [0, 0.1) is 5.92 Å². The highest BCUT2D eigenvalue weighted by Crippen LogP contribution is 2.31. The molecule has 1 amide bonds. The maximum Gasteiger partial charge on any atom is 0.234 e. The summed E-state index contributed by atoms with van der Waals surface area (Å²) in [7, 11) is 0. The molecule has 1 rings (SSSR count). The third-order valence-electron chi connectivity index (χ3n) is 2.30. The minimum atomic E-state index is 0.182. The van der Waals surface area contributed by atoms with Gasteiger partial charge < -0.3 is 5.32 Å². The van der Waals surface area contributed by atoms with Gasteiger partial charge in [-0.3, -0.25) is 4.79 Å². The smallest absolute Gasteiger partial charge is 0.234 e. The highest BCUT2D eigenvalue weighted by molar-refractivity contribution is 8.01. The van der Waals surface area contributed by atoms with Crippen LogP contribution in [0.2, 0.25) is 0 Å². The zero-order valence-corrected chi connectivity index (χ0v) is 9.49. The maximum absolute atomic E-state index is 11.5. The monoisotopic (exact) mass is 201 g/mol. The van der Waals surface area contributed by atoms with Gasteiger partial charge in [0.2, 0.25) is 5.91 Å². The molecule has 0 aromatic heterocycles. The summed E-state index contributed by atoms with van der Waals surface area (Å²) in [5, 5.41) is 3.60. The van der Waals surface area contributed by atoms with E-state index in [1.165, 1.54) is 12.8 Å². The number of nitrogens with one attached hydrogen (secondary N) is 1. The van der Waals surface area contributed by atoms with Gasteiger partial charge in [0.05, 0.1) is 10.6 Å². The van der Waals surface area contributed by atoms with Gasteiger partial charge in [0, 0.05) is 0 Å². The van der Waals surface area contributed by atoms with Gasteiger partial charge in [-0.15, -0.1) is 11.8 Å². The van der Waals surface area contributed by atoms with Crippen molar-refractivity contribution in [1.82, 2.24) is 5.32 Å². The predicted molar refractivity (Wildman–Crippen MR) is 57.7 cm³/mol. The third-order valence-corrected chi connectivity index (χ3v) is 4.03. The third kappa shape index (κ3) is 2.90. The van der Waals surface area contributed by atoms with Gasteiger partial charge in [-0.25, -0.2) is 0 Å². The molecule has 0 spiro atoms. The molecule has 1 fully saturated rings. The second-order valence-electron chi connectivity index (χ2n) is 3.94. The lowest BCUT2D eigenvalue weighted by atomic mass is 10.1. The first-order chi connectivity index (χ1) is 6.15. The Kier molecular flexibility index (Phi) is 4.10. The van der Waals surface area contributed by atoms with Crippen LogP contribution < -0.4 is 5.32 Å². The molecular weight excluding hydrogens is 182 g/mol. The highest BCUT2D eigenvalue weighted by atomic mass is 32.2. The second-order valence-corrected chi connectivity index (χ2v) is 5.29. The zero-order chi connectivity index (χ0) is 9.84. The van der Waals surface area contributed by atoms with Crippen LogP contribution in [0.5, 0.6) is 0 Å². The Bertz CT molecular complexity index is 182. The Morgan fingerprint density at radius 2 is 2.23 bits per heavy atom. The molecule has 0 bridgehead atoms. The van der Waals surface area contributed by atoms with Gasteiger partial charge in [-0.2, -0.15) is 0 Å². The van der Waals surface area contributed by atoms with E-state index >= 15 is 0 Å². The van der Waals surface area contributed by atoms with Gasteiger partial charge in [0.15, 0.2) is 0 Å². The minimum Gasteiger partial charge on any atom is -0.343 e. The average Bonchev–Trinajstić information content (AvgIpc) is 2.43. The number of carbonyl (C=O) groups excluding carboxylic acids is 1. The SMILES string of the molecule is CCCCC1NC(=O)C(C(C)C)S1. The Balaban J connectivity index is 2.36. The van der Waals surface area contributed by atoms with Gasteiger partial charge in [-0.05, 0) is 12.3 Å². The molecule has 2 nitrogen and oxygen atoms in total. The molecule has 0 saturated carbocycles. The topological polar surface area (TPSA) is 29.1 Å². The first kappa shape index (κ1) is 10.9. The van der Waals surface area contributed by atoms with Crippen molar-refractivity contribution >= 4 is 17.7 Å². The lowest BCUT2D eigenvalue weighted by molar-refractivity contribution is -0.120. The van der Waals surface area contributed by atoms with Gasteiger partial charge in [0.1, 0.15) is 0 Å². The average molecular weight is 201 g/mol. The number of hydrogen-bond acceptors (Lipinski definition) is 2. The van der Waals surface area contributed by atoms with Gasteiger partial charge in [0.25, 0.3) is 0 Å². The Morgan fingerprint density at radius 3 is 2.69 bits per heavy atom. The maximum atomic E-state index is 11.5. The van der Waals surface area contributed by atoms with E-state index in [1.54, 1.807) is 11.8 Å². The normalized spacial score (nSPS) is 28.2. The van der Waals surface area contributed by atoms with Crippen molar-refractivity contribution in [3.8, 4) is 0 Å².